The van der Waals surface area contributed by atoms with Crippen LogP contribution >= 0.6 is 0 Å². The third-order valence-corrected chi connectivity index (χ3v) is 4.35. The number of nitrogens with zero attached hydrogens (tertiary/aromatic N) is 1. The minimum atomic E-state index is -0.140. The molecule has 2 aliphatic rings. The summed E-state index contributed by atoms with van der Waals surface area (Å²) in [6.45, 7) is 2.43. The second-order valence-electron chi connectivity index (χ2n) is 6.26. The molecule has 1 aromatic carbocycles. The highest BCUT2D eigenvalue weighted by molar-refractivity contribution is 5.94. The Morgan fingerprint density at radius 3 is 2.77 bits per heavy atom. The van der Waals surface area contributed by atoms with Gasteiger partial charge in [0.05, 0.1) is 11.7 Å². The second-order valence-corrected chi connectivity index (χ2v) is 6.26. The number of carbonyl (C=O) groups is 1. The normalized spacial score (nSPS) is 18.4. The van der Waals surface area contributed by atoms with Gasteiger partial charge in [-0.25, -0.2) is 4.98 Å². The first-order valence-electron chi connectivity index (χ1n) is 8.80. The molecule has 136 valence electrons. The van der Waals surface area contributed by atoms with E-state index in [-0.39, 0.29) is 12.0 Å². The molecule has 26 heavy (non-hydrogen) atoms. The minimum Gasteiger partial charge on any atom is -0.486 e. The summed E-state index contributed by atoms with van der Waals surface area (Å²) >= 11 is 0. The fourth-order valence-corrected chi connectivity index (χ4v) is 2.99. The lowest BCUT2D eigenvalue weighted by Gasteiger charge is -2.19. The van der Waals surface area contributed by atoms with Gasteiger partial charge in [0.25, 0.3) is 5.91 Å². The number of anilines is 2. The SMILES string of the molecule is O=C(NCC1CCCO1)c1ccc(Nc2ccc3c(c2)OCCO3)nc1. The van der Waals surface area contributed by atoms with E-state index in [9.17, 15) is 4.79 Å². The van der Waals surface area contributed by atoms with Gasteiger partial charge in [-0.3, -0.25) is 4.79 Å². The third kappa shape index (κ3) is 3.88. The molecule has 7 heteroatoms. The van der Waals surface area contributed by atoms with Crippen molar-refractivity contribution in [3.63, 3.8) is 0 Å². The lowest BCUT2D eigenvalue weighted by Crippen LogP contribution is -2.31. The highest BCUT2D eigenvalue weighted by Crippen LogP contribution is 2.33. The maximum Gasteiger partial charge on any atom is 0.252 e. The van der Waals surface area contributed by atoms with Crippen molar-refractivity contribution in [1.82, 2.24) is 10.3 Å². The van der Waals surface area contributed by atoms with Crippen LogP contribution in [-0.2, 0) is 4.74 Å². The molecular formula is C19H21N3O4. The fraction of sp³-hybridized carbons (Fsp3) is 0.368. The van der Waals surface area contributed by atoms with Crippen molar-refractivity contribution < 1.29 is 19.0 Å². The van der Waals surface area contributed by atoms with Gasteiger partial charge in [-0.2, -0.15) is 0 Å². The van der Waals surface area contributed by atoms with Crippen LogP contribution in [0.5, 0.6) is 11.5 Å². The molecule has 1 fully saturated rings. The van der Waals surface area contributed by atoms with E-state index in [1.165, 1.54) is 0 Å². The van der Waals surface area contributed by atoms with Crippen LogP contribution in [0.2, 0.25) is 0 Å². The first-order chi connectivity index (χ1) is 12.8. The molecule has 1 aromatic heterocycles. The molecule has 2 aromatic rings. The molecule has 7 nitrogen and oxygen atoms in total. The summed E-state index contributed by atoms with van der Waals surface area (Å²) in [5.74, 6) is 1.97. The first kappa shape index (κ1) is 16.7. The summed E-state index contributed by atoms with van der Waals surface area (Å²) in [6.07, 6.45) is 3.74. The van der Waals surface area contributed by atoms with E-state index in [2.05, 4.69) is 15.6 Å². The Morgan fingerprint density at radius 1 is 1.12 bits per heavy atom. The highest BCUT2D eigenvalue weighted by atomic mass is 16.6. The summed E-state index contributed by atoms with van der Waals surface area (Å²) in [6, 6.07) is 9.16. The largest absolute Gasteiger partial charge is 0.486 e. The van der Waals surface area contributed by atoms with Crippen LogP contribution in [0.15, 0.2) is 36.5 Å². The number of hydrogen-bond donors (Lipinski definition) is 2. The maximum atomic E-state index is 12.2. The number of nitrogens with one attached hydrogen (secondary N) is 2. The number of benzene rings is 1. The van der Waals surface area contributed by atoms with Crippen LogP contribution in [0.25, 0.3) is 0 Å². The number of rotatable bonds is 5. The summed E-state index contributed by atoms with van der Waals surface area (Å²) in [5, 5.41) is 6.09. The molecule has 4 rings (SSSR count). The molecule has 3 heterocycles. The number of pyridine rings is 1. The molecule has 1 amide bonds. The van der Waals surface area contributed by atoms with Gasteiger partial charge in [-0.05, 0) is 37.1 Å². The summed E-state index contributed by atoms with van der Waals surface area (Å²) in [5.41, 5.74) is 1.37. The van der Waals surface area contributed by atoms with Crippen molar-refractivity contribution in [2.75, 3.05) is 31.7 Å². The van der Waals surface area contributed by atoms with Crippen LogP contribution in [0, 0.1) is 0 Å². The summed E-state index contributed by atoms with van der Waals surface area (Å²) in [7, 11) is 0. The molecule has 2 aliphatic heterocycles. The van der Waals surface area contributed by atoms with Gasteiger partial charge in [0.1, 0.15) is 19.0 Å². The Balaban J connectivity index is 1.35. The van der Waals surface area contributed by atoms with E-state index in [1.54, 1.807) is 18.3 Å². The molecule has 0 saturated carbocycles. The number of fused-ring (bicyclic) bond motifs is 1. The van der Waals surface area contributed by atoms with E-state index in [0.29, 0.717) is 36.9 Å². The molecule has 0 radical (unpaired) electrons. The lowest BCUT2D eigenvalue weighted by atomic mass is 10.2. The number of carbonyl (C=O) groups excluding carboxylic acids is 1. The van der Waals surface area contributed by atoms with Crippen molar-refractivity contribution in [2.45, 2.75) is 18.9 Å². The zero-order valence-corrected chi connectivity index (χ0v) is 14.4. The number of hydrogen-bond acceptors (Lipinski definition) is 6. The highest BCUT2D eigenvalue weighted by Gasteiger charge is 2.17. The fourth-order valence-electron chi connectivity index (χ4n) is 2.99. The predicted molar refractivity (Wildman–Crippen MR) is 96.3 cm³/mol. The maximum absolute atomic E-state index is 12.2. The molecule has 0 aliphatic carbocycles. The molecule has 0 spiro atoms. The standard InChI is InChI=1S/C19H21N3O4/c23-19(21-12-15-2-1-7-24-15)13-3-6-18(20-11-13)22-14-4-5-16-17(10-14)26-9-8-25-16/h3-6,10-11,15H,1-2,7-9,12H2,(H,20,22)(H,21,23). The Hall–Kier alpha value is -2.80. The van der Waals surface area contributed by atoms with Gasteiger partial charge in [0.15, 0.2) is 11.5 Å². The topological polar surface area (TPSA) is 81.7 Å². The second kappa shape index (κ2) is 7.61. The Bertz CT molecular complexity index is 773. The summed E-state index contributed by atoms with van der Waals surface area (Å²) < 4.78 is 16.6. The molecule has 0 bridgehead atoms. The van der Waals surface area contributed by atoms with Gasteiger partial charge < -0.3 is 24.8 Å². The van der Waals surface area contributed by atoms with Crippen LogP contribution in [0.4, 0.5) is 11.5 Å². The molecule has 2 N–H and O–H groups in total. The minimum absolute atomic E-state index is 0.128. The van der Waals surface area contributed by atoms with Crippen molar-refractivity contribution in [3.8, 4) is 11.5 Å². The van der Waals surface area contributed by atoms with E-state index >= 15 is 0 Å². The zero-order chi connectivity index (χ0) is 17.8. The molecular weight excluding hydrogens is 334 g/mol. The molecule has 1 saturated heterocycles. The van der Waals surface area contributed by atoms with E-state index in [4.69, 9.17) is 14.2 Å². The van der Waals surface area contributed by atoms with E-state index in [1.807, 2.05) is 18.2 Å². The lowest BCUT2D eigenvalue weighted by molar-refractivity contribution is 0.0857. The smallest absolute Gasteiger partial charge is 0.252 e. The van der Waals surface area contributed by atoms with Gasteiger partial charge >= 0.3 is 0 Å². The van der Waals surface area contributed by atoms with Gasteiger partial charge in [-0.15, -0.1) is 0 Å². The Morgan fingerprint density at radius 2 is 2.00 bits per heavy atom. The average molecular weight is 355 g/mol. The third-order valence-electron chi connectivity index (χ3n) is 4.35. The molecule has 1 unspecified atom stereocenters. The van der Waals surface area contributed by atoms with E-state index in [0.717, 1.165) is 30.9 Å². The first-order valence-corrected chi connectivity index (χ1v) is 8.80. The van der Waals surface area contributed by atoms with Crippen LogP contribution in [0.3, 0.4) is 0 Å². The van der Waals surface area contributed by atoms with Gasteiger partial charge in [-0.1, -0.05) is 0 Å². The predicted octanol–water partition coefficient (Wildman–Crippen LogP) is 2.51. The monoisotopic (exact) mass is 355 g/mol. The van der Waals surface area contributed by atoms with Crippen molar-refractivity contribution >= 4 is 17.4 Å². The summed E-state index contributed by atoms with van der Waals surface area (Å²) in [4.78, 5) is 16.5. The Labute approximate surface area is 151 Å². The molecule has 1 atom stereocenters. The Kier molecular flexibility index (Phi) is 4.88. The van der Waals surface area contributed by atoms with Crippen LogP contribution < -0.4 is 20.1 Å². The van der Waals surface area contributed by atoms with Crippen molar-refractivity contribution in [1.29, 1.82) is 0 Å². The number of aromatic nitrogens is 1. The average Bonchev–Trinajstić information content (AvgIpc) is 3.20. The zero-order valence-electron chi connectivity index (χ0n) is 14.4. The quantitative estimate of drug-likeness (QED) is 0.858. The number of amides is 1. The van der Waals surface area contributed by atoms with Crippen molar-refractivity contribution in [2.24, 2.45) is 0 Å². The van der Waals surface area contributed by atoms with Crippen molar-refractivity contribution in [3.05, 3.63) is 42.1 Å². The van der Waals surface area contributed by atoms with Crippen LogP contribution in [-0.4, -0.2) is 43.4 Å². The van der Waals surface area contributed by atoms with Crippen LogP contribution in [0.1, 0.15) is 23.2 Å². The van der Waals surface area contributed by atoms with Gasteiger partial charge in [0, 0.05) is 31.1 Å². The number of ether oxygens (including phenoxy) is 3. The van der Waals surface area contributed by atoms with Gasteiger partial charge in [0.2, 0.25) is 0 Å². The van der Waals surface area contributed by atoms with E-state index < -0.39 is 0 Å².